The molecule has 0 heterocycles. The first kappa shape index (κ1) is 14.8. The van der Waals surface area contributed by atoms with Crippen LogP contribution in [0.4, 0.5) is 4.79 Å². The van der Waals surface area contributed by atoms with Gasteiger partial charge in [0, 0.05) is 11.6 Å². The highest BCUT2D eigenvalue weighted by atomic mass is 35.5. The van der Waals surface area contributed by atoms with Crippen molar-refractivity contribution in [1.82, 2.24) is 10.6 Å². The maximum atomic E-state index is 11.7. The fourth-order valence-corrected chi connectivity index (χ4v) is 1.85. The van der Waals surface area contributed by atoms with E-state index in [0.29, 0.717) is 11.6 Å². The fraction of sp³-hybridized carbons (Fsp3) is 0.500. The van der Waals surface area contributed by atoms with Crippen molar-refractivity contribution in [2.75, 3.05) is 6.54 Å². The van der Waals surface area contributed by atoms with Gasteiger partial charge in [-0.1, -0.05) is 37.1 Å². The van der Waals surface area contributed by atoms with Crippen molar-refractivity contribution in [1.29, 1.82) is 0 Å². The molecule has 1 aromatic carbocycles. The molecule has 0 radical (unpaired) electrons. The van der Waals surface area contributed by atoms with E-state index in [1.54, 1.807) is 0 Å². The van der Waals surface area contributed by atoms with Gasteiger partial charge < -0.3 is 10.6 Å². The van der Waals surface area contributed by atoms with Gasteiger partial charge in [0.1, 0.15) is 0 Å². The number of urea groups is 1. The average Bonchev–Trinajstić information content (AvgIpc) is 2.28. The van der Waals surface area contributed by atoms with E-state index in [2.05, 4.69) is 17.6 Å². The standard InChI is InChI=1S/C14H21ClN2O/c1-4-5-9-16-13(18)17-14(2,3)11-7-6-8-12(15)10-11/h6-8,10H,4-5,9H2,1-3H3,(H2,16,17,18). The van der Waals surface area contributed by atoms with Crippen LogP contribution in [0, 0.1) is 0 Å². The van der Waals surface area contributed by atoms with E-state index in [4.69, 9.17) is 11.6 Å². The zero-order valence-corrected chi connectivity index (χ0v) is 12.0. The Bertz CT molecular complexity index is 405. The van der Waals surface area contributed by atoms with E-state index in [1.165, 1.54) is 0 Å². The summed E-state index contributed by atoms with van der Waals surface area (Å²) in [4.78, 5) is 11.7. The van der Waals surface area contributed by atoms with Crippen molar-refractivity contribution >= 4 is 17.6 Å². The lowest BCUT2D eigenvalue weighted by Crippen LogP contribution is -2.46. The summed E-state index contributed by atoms with van der Waals surface area (Å²) < 4.78 is 0. The molecule has 3 nitrogen and oxygen atoms in total. The van der Waals surface area contributed by atoms with Gasteiger partial charge in [-0.25, -0.2) is 4.79 Å². The third-order valence-electron chi connectivity index (χ3n) is 2.79. The number of carbonyl (C=O) groups is 1. The third kappa shape index (κ3) is 4.57. The molecule has 0 aliphatic rings. The highest BCUT2D eigenvalue weighted by Gasteiger charge is 2.22. The smallest absolute Gasteiger partial charge is 0.315 e. The molecular formula is C14H21ClN2O. The Hall–Kier alpha value is -1.22. The molecule has 0 aliphatic carbocycles. The van der Waals surface area contributed by atoms with E-state index >= 15 is 0 Å². The van der Waals surface area contributed by atoms with Crippen LogP contribution in [0.3, 0.4) is 0 Å². The number of unbranched alkanes of at least 4 members (excludes halogenated alkanes) is 1. The van der Waals surface area contributed by atoms with Crippen LogP contribution in [0.5, 0.6) is 0 Å². The van der Waals surface area contributed by atoms with Crippen LogP contribution in [0.2, 0.25) is 5.02 Å². The van der Waals surface area contributed by atoms with Crippen molar-refractivity contribution in [2.45, 2.75) is 39.2 Å². The van der Waals surface area contributed by atoms with Crippen molar-refractivity contribution in [3.05, 3.63) is 34.9 Å². The third-order valence-corrected chi connectivity index (χ3v) is 3.02. The lowest BCUT2D eigenvalue weighted by atomic mass is 9.94. The summed E-state index contributed by atoms with van der Waals surface area (Å²) in [5.41, 5.74) is 0.543. The normalized spacial score (nSPS) is 11.1. The second-order valence-corrected chi connectivity index (χ2v) is 5.31. The number of rotatable bonds is 5. The first-order valence-corrected chi connectivity index (χ1v) is 6.65. The molecule has 0 aliphatic heterocycles. The Balaban J connectivity index is 2.61. The van der Waals surface area contributed by atoms with E-state index in [0.717, 1.165) is 18.4 Å². The molecule has 0 atom stereocenters. The van der Waals surface area contributed by atoms with Crippen LogP contribution >= 0.6 is 11.6 Å². The number of benzene rings is 1. The number of hydrogen-bond donors (Lipinski definition) is 2. The molecule has 0 spiro atoms. The van der Waals surface area contributed by atoms with Crippen molar-refractivity contribution in [3.8, 4) is 0 Å². The van der Waals surface area contributed by atoms with Crippen LogP contribution in [-0.4, -0.2) is 12.6 Å². The van der Waals surface area contributed by atoms with Gasteiger partial charge in [0.05, 0.1) is 5.54 Å². The quantitative estimate of drug-likeness (QED) is 0.786. The summed E-state index contributed by atoms with van der Waals surface area (Å²) >= 11 is 5.96. The zero-order valence-electron chi connectivity index (χ0n) is 11.2. The van der Waals surface area contributed by atoms with Gasteiger partial charge in [0.2, 0.25) is 0 Å². The summed E-state index contributed by atoms with van der Waals surface area (Å²) in [6, 6.07) is 7.39. The number of hydrogen-bond acceptors (Lipinski definition) is 1. The summed E-state index contributed by atoms with van der Waals surface area (Å²) in [6.07, 6.45) is 2.06. The van der Waals surface area contributed by atoms with Crippen LogP contribution in [0.1, 0.15) is 39.2 Å². The second-order valence-electron chi connectivity index (χ2n) is 4.87. The maximum absolute atomic E-state index is 11.7. The Morgan fingerprint density at radius 3 is 2.72 bits per heavy atom. The van der Waals surface area contributed by atoms with Crippen molar-refractivity contribution in [2.24, 2.45) is 0 Å². The first-order valence-electron chi connectivity index (χ1n) is 6.28. The molecule has 2 N–H and O–H groups in total. The molecule has 0 aromatic heterocycles. The fourth-order valence-electron chi connectivity index (χ4n) is 1.66. The number of carbonyl (C=O) groups excluding carboxylic acids is 1. The molecule has 0 fully saturated rings. The molecule has 1 aromatic rings. The van der Waals surface area contributed by atoms with Crippen LogP contribution in [0.25, 0.3) is 0 Å². The molecule has 4 heteroatoms. The van der Waals surface area contributed by atoms with Gasteiger partial charge >= 0.3 is 6.03 Å². The van der Waals surface area contributed by atoms with Crippen molar-refractivity contribution < 1.29 is 4.79 Å². The molecule has 100 valence electrons. The molecule has 0 bridgehead atoms. The predicted molar refractivity (Wildman–Crippen MR) is 75.9 cm³/mol. The zero-order chi connectivity index (χ0) is 13.6. The molecule has 1 rings (SSSR count). The summed E-state index contributed by atoms with van der Waals surface area (Å²) in [5.74, 6) is 0. The summed E-state index contributed by atoms with van der Waals surface area (Å²) in [5, 5.41) is 6.47. The lowest BCUT2D eigenvalue weighted by molar-refractivity contribution is 0.230. The molecule has 0 saturated carbocycles. The number of amides is 2. The molecule has 0 unspecified atom stereocenters. The van der Waals surface area contributed by atoms with E-state index in [-0.39, 0.29) is 6.03 Å². The Labute approximate surface area is 114 Å². The first-order chi connectivity index (χ1) is 8.45. The minimum absolute atomic E-state index is 0.145. The highest BCUT2D eigenvalue weighted by molar-refractivity contribution is 6.30. The van der Waals surface area contributed by atoms with E-state index in [1.807, 2.05) is 38.1 Å². The maximum Gasteiger partial charge on any atom is 0.315 e. The average molecular weight is 269 g/mol. The molecule has 2 amide bonds. The summed E-state index contributed by atoms with van der Waals surface area (Å²) in [7, 11) is 0. The van der Waals surface area contributed by atoms with Gasteiger partial charge in [-0.05, 0) is 38.0 Å². The molecule has 0 saturated heterocycles. The SMILES string of the molecule is CCCCNC(=O)NC(C)(C)c1cccc(Cl)c1. The minimum atomic E-state index is -0.443. The predicted octanol–water partition coefficient (Wildman–Crippen LogP) is 3.67. The Morgan fingerprint density at radius 2 is 2.11 bits per heavy atom. The van der Waals surface area contributed by atoms with Gasteiger partial charge in [-0.15, -0.1) is 0 Å². The summed E-state index contributed by atoms with van der Waals surface area (Å²) in [6.45, 7) is 6.71. The van der Waals surface area contributed by atoms with Crippen molar-refractivity contribution in [3.63, 3.8) is 0 Å². The van der Waals surface area contributed by atoms with Gasteiger partial charge in [-0.2, -0.15) is 0 Å². The molecular weight excluding hydrogens is 248 g/mol. The monoisotopic (exact) mass is 268 g/mol. The van der Waals surface area contributed by atoms with Gasteiger partial charge in [0.25, 0.3) is 0 Å². The highest BCUT2D eigenvalue weighted by Crippen LogP contribution is 2.22. The van der Waals surface area contributed by atoms with Crippen LogP contribution in [-0.2, 0) is 5.54 Å². The Morgan fingerprint density at radius 1 is 1.39 bits per heavy atom. The number of halogens is 1. The second kappa shape index (κ2) is 6.64. The van der Waals surface area contributed by atoms with Crippen LogP contribution in [0.15, 0.2) is 24.3 Å². The topological polar surface area (TPSA) is 41.1 Å². The minimum Gasteiger partial charge on any atom is -0.338 e. The largest absolute Gasteiger partial charge is 0.338 e. The lowest BCUT2D eigenvalue weighted by Gasteiger charge is -2.27. The van der Waals surface area contributed by atoms with E-state index in [9.17, 15) is 4.79 Å². The van der Waals surface area contributed by atoms with Gasteiger partial charge in [0.15, 0.2) is 0 Å². The Kier molecular flexibility index (Phi) is 5.48. The number of nitrogens with one attached hydrogen (secondary N) is 2. The van der Waals surface area contributed by atoms with Gasteiger partial charge in [-0.3, -0.25) is 0 Å². The van der Waals surface area contributed by atoms with E-state index < -0.39 is 5.54 Å². The van der Waals surface area contributed by atoms with Crippen LogP contribution < -0.4 is 10.6 Å². The molecule has 18 heavy (non-hydrogen) atoms.